The first-order chi connectivity index (χ1) is 3.18. The summed E-state index contributed by atoms with van der Waals surface area (Å²) in [5.41, 5.74) is 6.71. The van der Waals surface area contributed by atoms with Gasteiger partial charge in [0.2, 0.25) is 0 Å². The Bertz CT molecular complexity index is 74.4. The fourth-order valence-corrected chi connectivity index (χ4v) is 0.177. The smallest absolute Gasteiger partial charge is 0.287 e. The SMILES string of the molecule is COC(=O)[C@@H](C)[NH-].[Ac]. The van der Waals surface area contributed by atoms with E-state index in [2.05, 4.69) is 4.74 Å². The third kappa shape index (κ3) is 5.02. The summed E-state index contributed by atoms with van der Waals surface area (Å²) >= 11 is 0. The van der Waals surface area contributed by atoms with Crippen LogP contribution in [0.4, 0.5) is 0 Å². The van der Waals surface area contributed by atoms with Gasteiger partial charge in [-0.2, -0.15) is 0 Å². The summed E-state index contributed by atoms with van der Waals surface area (Å²) < 4.78 is 4.19. The van der Waals surface area contributed by atoms with Crippen molar-refractivity contribution in [3.05, 3.63) is 5.73 Å². The molecule has 0 unspecified atom stereocenters. The minimum absolute atomic E-state index is 0. The second kappa shape index (κ2) is 6.00. The van der Waals surface area contributed by atoms with Gasteiger partial charge in [0, 0.05) is 44.1 Å². The van der Waals surface area contributed by atoms with Crippen molar-refractivity contribution >= 4 is 5.97 Å². The largest absolute Gasteiger partial charge is 0.666 e. The van der Waals surface area contributed by atoms with Gasteiger partial charge in [-0.1, -0.05) is 6.92 Å². The van der Waals surface area contributed by atoms with E-state index in [0.29, 0.717) is 0 Å². The van der Waals surface area contributed by atoms with Gasteiger partial charge in [0.15, 0.2) is 0 Å². The number of nitrogens with one attached hydrogen (secondary N) is 1. The van der Waals surface area contributed by atoms with E-state index in [9.17, 15) is 4.79 Å². The molecule has 1 radical (unpaired) electrons. The number of carbonyl (C=O) groups excluding carboxylic acids is 1. The molecule has 1 atom stereocenters. The van der Waals surface area contributed by atoms with E-state index >= 15 is 0 Å². The average Bonchev–Trinajstić information content (AvgIpc) is 1.65. The molecule has 0 aromatic rings. The van der Waals surface area contributed by atoms with E-state index in [0.717, 1.165) is 0 Å². The maximum Gasteiger partial charge on any atom is 0.287 e. The van der Waals surface area contributed by atoms with Crippen LogP contribution in [-0.4, -0.2) is 19.1 Å². The van der Waals surface area contributed by atoms with Crippen molar-refractivity contribution in [3.63, 3.8) is 0 Å². The van der Waals surface area contributed by atoms with Crippen LogP contribution in [0.5, 0.6) is 0 Å². The monoisotopic (exact) mass is 329 g/mol. The number of esters is 1. The van der Waals surface area contributed by atoms with Gasteiger partial charge >= 0.3 is 0 Å². The van der Waals surface area contributed by atoms with Crippen LogP contribution in [0.2, 0.25) is 0 Å². The maximum atomic E-state index is 10.1. The summed E-state index contributed by atoms with van der Waals surface area (Å²) in [6.07, 6.45) is 0. The van der Waals surface area contributed by atoms with Crippen LogP contribution in [0.15, 0.2) is 0 Å². The Labute approximate surface area is 84.5 Å². The van der Waals surface area contributed by atoms with E-state index in [-0.39, 0.29) is 44.1 Å². The molecule has 45 valence electrons. The van der Waals surface area contributed by atoms with Gasteiger partial charge in [0.1, 0.15) is 0 Å². The molecule has 0 saturated carbocycles. The minimum Gasteiger partial charge on any atom is -0.666 e. The maximum absolute atomic E-state index is 10.1. The Hall–Kier alpha value is 0.872. The van der Waals surface area contributed by atoms with Crippen molar-refractivity contribution in [2.45, 2.75) is 13.0 Å². The molecular weight excluding hydrogens is 321 g/mol. The van der Waals surface area contributed by atoms with Crippen molar-refractivity contribution in [2.24, 2.45) is 0 Å². The Kier molecular flexibility index (Phi) is 8.73. The predicted molar refractivity (Wildman–Crippen MR) is 25.8 cm³/mol. The third-order valence-corrected chi connectivity index (χ3v) is 0.555. The molecule has 0 saturated heterocycles. The molecule has 0 bridgehead atoms. The fraction of sp³-hybridized carbons (Fsp3) is 0.750. The zero-order valence-corrected chi connectivity index (χ0v) is 9.72. The van der Waals surface area contributed by atoms with Crippen LogP contribution in [0, 0.1) is 44.1 Å². The Morgan fingerprint density at radius 2 is 2.12 bits per heavy atom. The molecule has 0 rings (SSSR count). The van der Waals surface area contributed by atoms with Crippen molar-refractivity contribution in [1.29, 1.82) is 0 Å². The molecule has 1 N–H and O–H groups in total. The second-order valence-electron chi connectivity index (χ2n) is 1.24. The molecular formula is C4H8AcNO2-. The molecule has 0 aliphatic carbocycles. The van der Waals surface area contributed by atoms with E-state index in [1.807, 2.05) is 0 Å². The van der Waals surface area contributed by atoms with Crippen molar-refractivity contribution < 1.29 is 53.6 Å². The first-order valence-corrected chi connectivity index (χ1v) is 1.97. The molecule has 0 aliphatic heterocycles. The summed E-state index contributed by atoms with van der Waals surface area (Å²) in [5, 5.41) is 0. The number of hydrogen-bond acceptors (Lipinski definition) is 2. The normalized spacial score (nSPS) is 11.4. The van der Waals surface area contributed by atoms with Crippen LogP contribution in [0.1, 0.15) is 6.92 Å². The van der Waals surface area contributed by atoms with Gasteiger partial charge in [-0.25, -0.2) is 0 Å². The topological polar surface area (TPSA) is 50.1 Å². The number of ether oxygens (including phenoxy) is 1. The van der Waals surface area contributed by atoms with Crippen LogP contribution in [0.3, 0.4) is 0 Å². The van der Waals surface area contributed by atoms with E-state index in [1.54, 1.807) is 0 Å². The van der Waals surface area contributed by atoms with Crippen molar-refractivity contribution in [1.82, 2.24) is 0 Å². The molecule has 4 heteroatoms. The third-order valence-electron chi connectivity index (χ3n) is 0.555. The fourth-order valence-electron chi connectivity index (χ4n) is 0.177. The quantitative estimate of drug-likeness (QED) is 0.662. The summed E-state index contributed by atoms with van der Waals surface area (Å²) in [7, 11) is 1.27. The van der Waals surface area contributed by atoms with Gasteiger partial charge in [-0.05, 0) is 6.04 Å². The van der Waals surface area contributed by atoms with Crippen LogP contribution >= 0.6 is 0 Å². The van der Waals surface area contributed by atoms with Gasteiger partial charge in [-0.15, -0.1) is 0 Å². The molecule has 0 heterocycles. The first-order valence-electron chi connectivity index (χ1n) is 1.97. The van der Waals surface area contributed by atoms with E-state index < -0.39 is 12.0 Å². The van der Waals surface area contributed by atoms with Gasteiger partial charge in [0.05, 0.1) is 7.11 Å². The Morgan fingerprint density at radius 3 is 2.12 bits per heavy atom. The van der Waals surface area contributed by atoms with E-state index in [4.69, 9.17) is 5.73 Å². The Balaban J connectivity index is 0. The van der Waals surface area contributed by atoms with Gasteiger partial charge in [0.25, 0.3) is 5.97 Å². The minimum atomic E-state index is -0.745. The number of methoxy groups -OCH3 is 1. The van der Waals surface area contributed by atoms with Crippen molar-refractivity contribution in [3.8, 4) is 0 Å². The molecule has 0 fully saturated rings. The molecule has 0 amide bonds. The number of hydrogen-bond donors (Lipinski definition) is 0. The summed E-state index contributed by atoms with van der Waals surface area (Å²) in [6, 6.07) is -0.745. The summed E-state index contributed by atoms with van der Waals surface area (Å²) in [4.78, 5) is 10.1. The first kappa shape index (κ1) is 11.6. The number of carbonyl (C=O) groups is 1. The van der Waals surface area contributed by atoms with Crippen LogP contribution in [-0.2, 0) is 9.53 Å². The van der Waals surface area contributed by atoms with Crippen LogP contribution in [0.25, 0.3) is 5.73 Å². The zero-order chi connectivity index (χ0) is 5.86. The summed E-state index contributed by atoms with van der Waals surface area (Å²) in [6.45, 7) is 1.46. The standard InChI is InChI=1S/C4H8NO2.Ac/c1-3(5)4(6)7-2;/h3,5H,1-2H3;/q-1;/t3-;/m1./s1. The molecule has 8 heavy (non-hydrogen) atoms. The second-order valence-corrected chi connectivity index (χ2v) is 1.24. The van der Waals surface area contributed by atoms with Crippen molar-refractivity contribution in [2.75, 3.05) is 7.11 Å². The average molecular weight is 329 g/mol. The molecule has 0 aromatic heterocycles. The number of rotatable bonds is 1. The zero-order valence-electron chi connectivity index (χ0n) is 4.97. The summed E-state index contributed by atoms with van der Waals surface area (Å²) in [5.74, 6) is -0.486. The Morgan fingerprint density at radius 1 is 1.75 bits per heavy atom. The van der Waals surface area contributed by atoms with Gasteiger partial charge < -0.3 is 10.5 Å². The molecule has 0 aliphatic rings. The van der Waals surface area contributed by atoms with E-state index in [1.165, 1.54) is 14.0 Å². The molecule has 0 aromatic carbocycles. The van der Waals surface area contributed by atoms with Crippen LogP contribution < -0.4 is 0 Å². The predicted octanol–water partition coefficient (Wildman–Crippen LogP) is 0.600. The molecule has 0 spiro atoms. The molecule has 3 nitrogen and oxygen atoms in total. The van der Waals surface area contributed by atoms with Gasteiger partial charge in [-0.3, -0.25) is 4.79 Å².